The summed E-state index contributed by atoms with van der Waals surface area (Å²) in [4.78, 5) is 28.6. The summed E-state index contributed by atoms with van der Waals surface area (Å²) in [5.74, 6) is -0.730. The lowest BCUT2D eigenvalue weighted by molar-refractivity contribution is -0.140. The van der Waals surface area contributed by atoms with Gasteiger partial charge in [-0.3, -0.25) is 13.9 Å². The van der Waals surface area contributed by atoms with Gasteiger partial charge in [0.15, 0.2) is 0 Å². The molecule has 0 aromatic heterocycles. The van der Waals surface area contributed by atoms with Gasteiger partial charge in [0.2, 0.25) is 21.8 Å². The van der Waals surface area contributed by atoms with Gasteiger partial charge in [-0.15, -0.1) is 0 Å². The monoisotopic (exact) mass is 553 g/mol. The molecule has 1 N–H and O–H groups in total. The molecule has 7 nitrogen and oxygen atoms in total. The van der Waals surface area contributed by atoms with E-state index in [-0.39, 0.29) is 34.2 Å². The summed E-state index contributed by atoms with van der Waals surface area (Å²) in [6, 6.07) is 13.1. The minimum absolute atomic E-state index is 0.0896. The van der Waals surface area contributed by atoms with Crippen LogP contribution in [-0.2, 0) is 26.2 Å². The molecule has 0 bridgehead atoms. The summed E-state index contributed by atoms with van der Waals surface area (Å²) in [6.07, 6.45) is 6.53. The summed E-state index contributed by atoms with van der Waals surface area (Å²) < 4.78 is 26.4. The van der Waals surface area contributed by atoms with Crippen molar-refractivity contribution in [2.75, 3.05) is 17.1 Å². The number of anilines is 1. The second kappa shape index (κ2) is 12.8. The molecule has 2 amide bonds. The Labute approximate surface area is 223 Å². The van der Waals surface area contributed by atoms with E-state index in [1.165, 1.54) is 17.0 Å². The Morgan fingerprint density at radius 3 is 2.33 bits per heavy atom. The molecule has 0 spiro atoms. The molecule has 0 saturated heterocycles. The van der Waals surface area contributed by atoms with Gasteiger partial charge in [-0.1, -0.05) is 79.7 Å². The highest BCUT2D eigenvalue weighted by Crippen LogP contribution is 2.31. The molecule has 196 valence electrons. The van der Waals surface area contributed by atoms with Gasteiger partial charge in [0.25, 0.3) is 0 Å². The molecular formula is C26H33Cl2N3O4S. The average Bonchev–Trinajstić information content (AvgIpc) is 2.84. The SMILES string of the molecule is CC[C@@H](C(=O)NC1CCCCC1)N(Cc1ccccc1)C(=O)CN(c1cc(Cl)ccc1Cl)S(C)(=O)=O. The summed E-state index contributed by atoms with van der Waals surface area (Å²) in [5, 5.41) is 3.55. The van der Waals surface area contributed by atoms with Gasteiger partial charge in [-0.25, -0.2) is 8.42 Å². The van der Waals surface area contributed by atoms with E-state index in [2.05, 4.69) is 5.32 Å². The van der Waals surface area contributed by atoms with Crippen molar-refractivity contribution in [3.63, 3.8) is 0 Å². The topological polar surface area (TPSA) is 86.8 Å². The molecule has 1 fully saturated rings. The van der Waals surface area contributed by atoms with Gasteiger partial charge in [0.05, 0.1) is 17.0 Å². The smallest absolute Gasteiger partial charge is 0.244 e. The van der Waals surface area contributed by atoms with Crippen molar-refractivity contribution >= 4 is 50.7 Å². The number of sulfonamides is 1. The number of rotatable bonds is 10. The normalized spacial score (nSPS) is 15.2. The zero-order valence-electron chi connectivity index (χ0n) is 20.6. The first-order valence-corrected chi connectivity index (χ1v) is 14.8. The first kappa shape index (κ1) is 28.3. The lowest BCUT2D eigenvalue weighted by Gasteiger charge is -2.34. The van der Waals surface area contributed by atoms with Crippen LogP contribution in [0.5, 0.6) is 0 Å². The minimum Gasteiger partial charge on any atom is -0.352 e. The quantitative estimate of drug-likeness (QED) is 0.447. The molecule has 1 aliphatic carbocycles. The van der Waals surface area contributed by atoms with E-state index < -0.39 is 28.5 Å². The fraction of sp³-hybridized carbons (Fsp3) is 0.462. The van der Waals surface area contributed by atoms with Crippen LogP contribution in [0.15, 0.2) is 48.5 Å². The van der Waals surface area contributed by atoms with Crippen LogP contribution in [0.3, 0.4) is 0 Å². The number of hydrogen-bond acceptors (Lipinski definition) is 4. The lowest BCUT2D eigenvalue weighted by Crippen LogP contribution is -2.54. The molecule has 3 rings (SSSR count). The van der Waals surface area contributed by atoms with E-state index in [1.807, 2.05) is 37.3 Å². The Balaban J connectivity index is 1.92. The highest BCUT2D eigenvalue weighted by Gasteiger charge is 2.33. The van der Waals surface area contributed by atoms with Crippen molar-refractivity contribution in [1.82, 2.24) is 10.2 Å². The molecule has 1 atom stereocenters. The number of nitrogens with one attached hydrogen (secondary N) is 1. The van der Waals surface area contributed by atoms with E-state index in [4.69, 9.17) is 23.2 Å². The zero-order chi connectivity index (χ0) is 26.3. The second-order valence-electron chi connectivity index (χ2n) is 9.14. The lowest BCUT2D eigenvalue weighted by atomic mass is 9.95. The summed E-state index contributed by atoms with van der Waals surface area (Å²) in [6.45, 7) is 1.49. The summed E-state index contributed by atoms with van der Waals surface area (Å²) >= 11 is 12.4. The predicted octanol–water partition coefficient (Wildman–Crippen LogP) is 5.02. The van der Waals surface area contributed by atoms with Crippen LogP contribution in [0, 0.1) is 0 Å². The Hall–Kier alpha value is -2.29. The third-order valence-electron chi connectivity index (χ3n) is 6.39. The van der Waals surface area contributed by atoms with Crippen LogP contribution in [-0.4, -0.2) is 50.0 Å². The zero-order valence-corrected chi connectivity index (χ0v) is 23.0. The average molecular weight is 555 g/mol. The maximum atomic E-state index is 13.7. The second-order valence-corrected chi connectivity index (χ2v) is 11.9. The molecular weight excluding hydrogens is 521 g/mol. The van der Waals surface area contributed by atoms with Crippen molar-refractivity contribution in [1.29, 1.82) is 0 Å². The van der Waals surface area contributed by atoms with Gasteiger partial charge >= 0.3 is 0 Å². The molecule has 0 heterocycles. The van der Waals surface area contributed by atoms with Crippen molar-refractivity contribution in [2.24, 2.45) is 0 Å². The summed E-state index contributed by atoms with van der Waals surface area (Å²) in [7, 11) is -3.89. The number of hydrogen-bond donors (Lipinski definition) is 1. The van der Waals surface area contributed by atoms with Crippen molar-refractivity contribution in [3.05, 3.63) is 64.1 Å². The van der Waals surface area contributed by atoms with E-state index in [0.717, 1.165) is 48.2 Å². The largest absolute Gasteiger partial charge is 0.352 e. The molecule has 1 saturated carbocycles. The third kappa shape index (κ3) is 7.60. The number of halogens is 2. The fourth-order valence-corrected chi connectivity index (χ4v) is 5.80. The first-order chi connectivity index (χ1) is 17.1. The third-order valence-corrected chi connectivity index (χ3v) is 8.07. The fourth-order valence-electron chi connectivity index (χ4n) is 4.52. The molecule has 2 aromatic rings. The van der Waals surface area contributed by atoms with Crippen molar-refractivity contribution < 1.29 is 18.0 Å². The molecule has 0 aliphatic heterocycles. The van der Waals surface area contributed by atoms with Gasteiger partial charge < -0.3 is 10.2 Å². The Morgan fingerprint density at radius 2 is 1.72 bits per heavy atom. The Kier molecular flexibility index (Phi) is 10.0. The van der Waals surface area contributed by atoms with Gasteiger partial charge in [-0.2, -0.15) is 0 Å². The van der Waals surface area contributed by atoms with Gasteiger partial charge in [0, 0.05) is 17.6 Å². The number of amides is 2. The van der Waals surface area contributed by atoms with E-state index in [9.17, 15) is 18.0 Å². The van der Waals surface area contributed by atoms with Gasteiger partial charge in [0.1, 0.15) is 12.6 Å². The number of carbonyl (C=O) groups is 2. The minimum atomic E-state index is -3.89. The first-order valence-electron chi connectivity index (χ1n) is 12.2. The molecule has 0 radical (unpaired) electrons. The van der Waals surface area contributed by atoms with Crippen molar-refractivity contribution in [2.45, 2.75) is 64.1 Å². The maximum absolute atomic E-state index is 13.7. The number of nitrogens with zero attached hydrogens (tertiary/aromatic N) is 2. The number of benzene rings is 2. The molecule has 0 unspecified atom stereocenters. The molecule has 36 heavy (non-hydrogen) atoms. The van der Waals surface area contributed by atoms with Crippen LogP contribution < -0.4 is 9.62 Å². The van der Waals surface area contributed by atoms with E-state index >= 15 is 0 Å². The standard InChI is InChI=1S/C26H33Cl2N3O4S/c1-3-23(26(33)29-21-12-8-5-9-13-21)30(17-19-10-6-4-7-11-19)25(32)18-31(36(2,34)35)24-16-20(27)14-15-22(24)28/h4,6-7,10-11,14-16,21,23H,3,5,8-9,12-13,17-18H2,1-2H3,(H,29,33)/t23-/m0/s1. The van der Waals surface area contributed by atoms with E-state index in [1.54, 1.807) is 6.07 Å². The van der Waals surface area contributed by atoms with Crippen LogP contribution in [0.2, 0.25) is 10.0 Å². The van der Waals surface area contributed by atoms with Crippen LogP contribution in [0.25, 0.3) is 0 Å². The number of carbonyl (C=O) groups excluding carboxylic acids is 2. The van der Waals surface area contributed by atoms with Crippen LogP contribution in [0.1, 0.15) is 51.0 Å². The van der Waals surface area contributed by atoms with Crippen LogP contribution in [0.4, 0.5) is 5.69 Å². The van der Waals surface area contributed by atoms with Crippen LogP contribution >= 0.6 is 23.2 Å². The van der Waals surface area contributed by atoms with E-state index in [0.29, 0.717) is 6.42 Å². The predicted molar refractivity (Wildman–Crippen MR) is 145 cm³/mol. The summed E-state index contributed by atoms with van der Waals surface area (Å²) in [5.41, 5.74) is 0.945. The molecule has 1 aliphatic rings. The highest BCUT2D eigenvalue weighted by atomic mass is 35.5. The van der Waals surface area contributed by atoms with Crippen molar-refractivity contribution in [3.8, 4) is 0 Å². The molecule has 10 heteroatoms. The Morgan fingerprint density at radius 1 is 1.06 bits per heavy atom. The Bertz CT molecular complexity index is 1160. The van der Waals surface area contributed by atoms with Gasteiger partial charge in [-0.05, 0) is 43.0 Å². The highest BCUT2D eigenvalue weighted by molar-refractivity contribution is 7.92. The maximum Gasteiger partial charge on any atom is 0.244 e. The molecule has 2 aromatic carbocycles.